The summed E-state index contributed by atoms with van der Waals surface area (Å²) in [5.74, 6) is -2.22. The number of aromatic carboxylic acids is 1. The molecule has 3 rings (SSSR count). The highest BCUT2D eigenvalue weighted by Gasteiger charge is 2.49. The van der Waals surface area contributed by atoms with Gasteiger partial charge in [-0.25, -0.2) is 14.2 Å². The zero-order valence-corrected chi connectivity index (χ0v) is 14.4. The van der Waals surface area contributed by atoms with Crippen LogP contribution in [0.5, 0.6) is 0 Å². The maximum absolute atomic E-state index is 13.1. The van der Waals surface area contributed by atoms with E-state index in [0.717, 1.165) is 0 Å². The Balaban J connectivity index is 1.89. The summed E-state index contributed by atoms with van der Waals surface area (Å²) in [4.78, 5) is 28.9. The molecule has 3 N–H and O–H groups in total. The first-order valence-corrected chi connectivity index (χ1v) is 8.42. The minimum absolute atomic E-state index is 0.000292. The first kappa shape index (κ1) is 18.8. The van der Waals surface area contributed by atoms with Crippen LogP contribution in [0.4, 0.5) is 10.2 Å². The minimum Gasteiger partial charge on any atom is -0.481 e. The fourth-order valence-electron chi connectivity index (χ4n) is 3.40. The molecule has 1 aromatic carbocycles. The van der Waals surface area contributed by atoms with Crippen molar-refractivity contribution in [2.45, 2.75) is 18.9 Å². The van der Waals surface area contributed by atoms with Crippen LogP contribution in [0.3, 0.4) is 0 Å². The van der Waals surface area contributed by atoms with Gasteiger partial charge in [0.2, 0.25) is 0 Å². The predicted octanol–water partition coefficient (Wildman–Crippen LogP) is 1.80. The van der Waals surface area contributed by atoms with Gasteiger partial charge in [-0.1, -0.05) is 12.1 Å². The third-order valence-corrected chi connectivity index (χ3v) is 4.96. The molecule has 2 atom stereocenters. The molecule has 0 unspecified atom stereocenters. The first-order chi connectivity index (χ1) is 12.8. The number of carbonyl (C=O) groups is 2. The van der Waals surface area contributed by atoms with Crippen molar-refractivity contribution in [1.82, 2.24) is 4.98 Å². The molecule has 0 saturated carbocycles. The lowest BCUT2D eigenvalue weighted by atomic mass is 9.73. The van der Waals surface area contributed by atoms with Gasteiger partial charge in [-0.05, 0) is 42.7 Å². The molecule has 1 fully saturated rings. The van der Waals surface area contributed by atoms with E-state index in [9.17, 15) is 24.2 Å². The van der Waals surface area contributed by atoms with E-state index in [1.165, 1.54) is 42.6 Å². The molecule has 1 saturated heterocycles. The van der Waals surface area contributed by atoms with Crippen molar-refractivity contribution < 1.29 is 29.3 Å². The van der Waals surface area contributed by atoms with Gasteiger partial charge in [-0.3, -0.25) is 4.79 Å². The summed E-state index contributed by atoms with van der Waals surface area (Å²) >= 11 is 0. The molecule has 7 nitrogen and oxygen atoms in total. The van der Waals surface area contributed by atoms with Crippen LogP contribution in [0.2, 0.25) is 0 Å². The van der Waals surface area contributed by atoms with Crippen LogP contribution in [0, 0.1) is 11.2 Å². The Kier molecular flexibility index (Phi) is 5.09. The monoisotopic (exact) mass is 374 g/mol. The molecule has 0 aliphatic carbocycles. The second-order valence-corrected chi connectivity index (χ2v) is 6.70. The number of carboxylic acids is 2. The molecule has 8 heteroatoms. The highest BCUT2D eigenvalue weighted by molar-refractivity contribution is 5.87. The van der Waals surface area contributed by atoms with Crippen molar-refractivity contribution in [3.63, 3.8) is 0 Å². The van der Waals surface area contributed by atoms with E-state index in [2.05, 4.69) is 4.98 Å². The Labute approximate surface area is 154 Å². The zero-order valence-electron chi connectivity index (χ0n) is 14.4. The third-order valence-electron chi connectivity index (χ3n) is 4.96. The number of halogens is 1. The van der Waals surface area contributed by atoms with Gasteiger partial charge >= 0.3 is 11.9 Å². The van der Waals surface area contributed by atoms with Gasteiger partial charge in [0.15, 0.2) is 0 Å². The molecule has 0 amide bonds. The van der Waals surface area contributed by atoms with Gasteiger partial charge in [0.05, 0.1) is 11.7 Å². The number of pyridine rings is 1. The molecule has 1 aliphatic rings. The number of nitrogens with zero attached hydrogens (tertiary/aromatic N) is 2. The molecule has 1 aliphatic heterocycles. The fraction of sp³-hybridized carbons (Fsp3) is 0.316. The molecule has 0 radical (unpaired) electrons. The number of aliphatic hydroxyl groups is 1. The molecule has 2 aromatic rings. The van der Waals surface area contributed by atoms with E-state index >= 15 is 0 Å². The first-order valence-electron chi connectivity index (χ1n) is 8.42. The van der Waals surface area contributed by atoms with Crippen molar-refractivity contribution in [1.29, 1.82) is 0 Å². The summed E-state index contributed by atoms with van der Waals surface area (Å²) in [7, 11) is 0. The highest BCUT2D eigenvalue weighted by atomic mass is 19.1. The molecule has 142 valence electrons. The van der Waals surface area contributed by atoms with Crippen LogP contribution in [0.25, 0.3) is 0 Å². The average molecular weight is 374 g/mol. The van der Waals surface area contributed by atoms with Crippen LogP contribution < -0.4 is 4.90 Å². The molecule has 2 heterocycles. The molecular weight excluding hydrogens is 355 g/mol. The Morgan fingerprint density at radius 2 is 1.89 bits per heavy atom. The molecule has 1 aromatic heterocycles. The van der Waals surface area contributed by atoms with E-state index in [0.29, 0.717) is 17.9 Å². The standard InChI is InChI=1S/C19H19FN2O5/c20-14-4-1-12(2-5-14)9-19(18(26)27)11-22(8-7-15(19)23)16-6-3-13(10-21-16)17(24)25/h1-6,10,15,23H,7-9,11H2,(H,24,25)(H,26,27)/t15-,19-/m1/s1. The van der Waals surface area contributed by atoms with Crippen molar-refractivity contribution >= 4 is 17.8 Å². The fourth-order valence-corrected chi connectivity index (χ4v) is 3.40. The largest absolute Gasteiger partial charge is 0.481 e. The lowest BCUT2D eigenvalue weighted by molar-refractivity contribution is -0.157. The Morgan fingerprint density at radius 3 is 2.44 bits per heavy atom. The van der Waals surface area contributed by atoms with Crippen LogP contribution in [-0.4, -0.2) is 51.4 Å². The summed E-state index contributed by atoms with van der Waals surface area (Å²) in [6.45, 7) is 0.388. The van der Waals surface area contributed by atoms with E-state index in [1.807, 2.05) is 0 Å². The SMILES string of the molecule is O=C(O)c1ccc(N2CC[C@@H](O)[C@](Cc3ccc(F)cc3)(C(=O)O)C2)nc1. The third kappa shape index (κ3) is 3.75. The van der Waals surface area contributed by atoms with E-state index in [1.54, 1.807) is 4.90 Å². The summed E-state index contributed by atoms with van der Waals surface area (Å²) in [6.07, 6.45) is 0.392. The normalized spacial score (nSPS) is 22.4. The maximum atomic E-state index is 13.1. The van der Waals surface area contributed by atoms with Crippen molar-refractivity contribution in [2.75, 3.05) is 18.0 Å². The number of aromatic nitrogens is 1. The van der Waals surface area contributed by atoms with Crippen molar-refractivity contribution in [2.24, 2.45) is 5.41 Å². The highest BCUT2D eigenvalue weighted by Crippen LogP contribution is 2.36. The molecular formula is C19H19FN2O5. The van der Waals surface area contributed by atoms with Gasteiger partial charge in [0, 0.05) is 19.3 Å². The lowest BCUT2D eigenvalue weighted by Crippen LogP contribution is -2.57. The average Bonchev–Trinajstić information content (AvgIpc) is 2.65. The van der Waals surface area contributed by atoms with Crippen LogP contribution in [0.15, 0.2) is 42.6 Å². The van der Waals surface area contributed by atoms with Gasteiger partial charge < -0.3 is 20.2 Å². The topological polar surface area (TPSA) is 111 Å². The molecule has 27 heavy (non-hydrogen) atoms. The minimum atomic E-state index is -1.48. The summed E-state index contributed by atoms with van der Waals surface area (Å²) in [6, 6.07) is 8.44. The number of hydrogen-bond donors (Lipinski definition) is 3. The van der Waals surface area contributed by atoms with Crippen molar-refractivity contribution in [3.05, 3.63) is 59.5 Å². The van der Waals surface area contributed by atoms with Gasteiger partial charge in [0.25, 0.3) is 0 Å². The number of aliphatic hydroxyl groups excluding tert-OH is 1. The second kappa shape index (κ2) is 7.32. The number of benzene rings is 1. The van der Waals surface area contributed by atoms with Crippen molar-refractivity contribution in [3.8, 4) is 0 Å². The number of piperidine rings is 1. The van der Waals surface area contributed by atoms with Crippen LogP contribution >= 0.6 is 0 Å². The van der Waals surface area contributed by atoms with E-state index in [4.69, 9.17) is 5.11 Å². The number of carboxylic acid groups (broad SMARTS) is 2. The van der Waals surface area contributed by atoms with Crippen LogP contribution in [0.1, 0.15) is 22.3 Å². The quantitative estimate of drug-likeness (QED) is 0.732. The smallest absolute Gasteiger partial charge is 0.337 e. The van der Waals surface area contributed by atoms with E-state index < -0.39 is 29.3 Å². The number of rotatable bonds is 5. The Morgan fingerprint density at radius 1 is 1.19 bits per heavy atom. The number of aliphatic carboxylic acids is 1. The Hall–Kier alpha value is -3.00. The summed E-state index contributed by atoms with van der Waals surface area (Å²) < 4.78 is 13.1. The summed E-state index contributed by atoms with van der Waals surface area (Å²) in [5, 5.41) is 29.4. The molecule has 0 bridgehead atoms. The van der Waals surface area contributed by atoms with Gasteiger partial charge in [0.1, 0.15) is 17.1 Å². The van der Waals surface area contributed by atoms with Gasteiger partial charge in [-0.15, -0.1) is 0 Å². The number of hydrogen-bond acceptors (Lipinski definition) is 5. The zero-order chi connectivity index (χ0) is 19.6. The van der Waals surface area contributed by atoms with Crippen LogP contribution in [-0.2, 0) is 11.2 Å². The van der Waals surface area contributed by atoms with Gasteiger partial charge in [-0.2, -0.15) is 0 Å². The predicted molar refractivity (Wildman–Crippen MR) is 94.2 cm³/mol. The lowest BCUT2D eigenvalue weighted by Gasteiger charge is -2.44. The second-order valence-electron chi connectivity index (χ2n) is 6.70. The Bertz CT molecular complexity index is 840. The maximum Gasteiger partial charge on any atom is 0.337 e. The summed E-state index contributed by atoms with van der Waals surface area (Å²) in [5.41, 5.74) is -0.844. The van der Waals surface area contributed by atoms with E-state index in [-0.39, 0.29) is 24.9 Å². The number of anilines is 1. The molecule has 0 spiro atoms.